The molecule has 3 nitrogen and oxygen atoms in total. The smallest absolute Gasteiger partial charge is 0.122 e. The van der Waals surface area contributed by atoms with Crippen LogP contribution in [0.2, 0.25) is 0 Å². The highest BCUT2D eigenvalue weighted by atomic mass is 32.1. The fraction of sp³-hybridized carbons (Fsp3) is 0.769. The molecule has 0 bridgehead atoms. The predicted octanol–water partition coefficient (Wildman–Crippen LogP) is 3.37. The normalized spacial score (nSPS) is 14.3. The van der Waals surface area contributed by atoms with Gasteiger partial charge in [0, 0.05) is 30.8 Å². The standard InChI is InChI=1S/C13H24N2OS/c1-9(2)14-7-10-8-15-12(17-10)11(16-6)13(3,4)5/h8-9,11,14H,7H2,1-6H3. The number of nitrogens with zero attached hydrogens (tertiary/aromatic N) is 1. The first-order valence-electron chi connectivity index (χ1n) is 6.05. The van der Waals surface area contributed by atoms with Crippen molar-refractivity contribution in [1.82, 2.24) is 10.3 Å². The molecule has 1 N–H and O–H groups in total. The van der Waals surface area contributed by atoms with Gasteiger partial charge in [-0.05, 0) is 5.41 Å². The third-order valence-electron chi connectivity index (χ3n) is 2.50. The Bertz CT molecular complexity index is 341. The van der Waals surface area contributed by atoms with E-state index in [2.05, 4.69) is 44.9 Å². The van der Waals surface area contributed by atoms with E-state index < -0.39 is 0 Å². The first-order chi connectivity index (χ1) is 7.84. The second-order valence-corrected chi connectivity index (χ2v) is 6.83. The van der Waals surface area contributed by atoms with Gasteiger partial charge in [0.25, 0.3) is 0 Å². The van der Waals surface area contributed by atoms with Crippen LogP contribution >= 0.6 is 11.3 Å². The number of hydrogen-bond acceptors (Lipinski definition) is 4. The molecule has 1 aromatic heterocycles. The number of methoxy groups -OCH3 is 1. The Morgan fingerprint density at radius 2 is 2.06 bits per heavy atom. The predicted molar refractivity (Wildman–Crippen MR) is 73.3 cm³/mol. The Kier molecular flexibility index (Phi) is 5.10. The lowest BCUT2D eigenvalue weighted by molar-refractivity contribution is 0.0150. The van der Waals surface area contributed by atoms with E-state index in [9.17, 15) is 0 Å². The summed E-state index contributed by atoms with van der Waals surface area (Å²) in [4.78, 5) is 5.75. The van der Waals surface area contributed by atoms with Crippen LogP contribution in [0.3, 0.4) is 0 Å². The molecule has 0 spiro atoms. The summed E-state index contributed by atoms with van der Waals surface area (Å²) in [5, 5.41) is 4.47. The largest absolute Gasteiger partial charge is 0.374 e. The molecule has 1 unspecified atom stereocenters. The molecule has 0 aromatic carbocycles. The molecule has 1 atom stereocenters. The highest BCUT2D eigenvalue weighted by Crippen LogP contribution is 2.37. The van der Waals surface area contributed by atoms with Crippen molar-refractivity contribution >= 4 is 11.3 Å². The van der Waals surface area contributed by atoms with Crippen LogP contribution < -0.4 is 5.32 Å². The monoisotopic (exact) mass is 256 g/mol. The Morgan fingerprint density at radius 3 is 2.53 bits per heavy atom. The van der Waals surface area contributed by atoms with Crippen LogP contribution in [0.25, 0.3) is 0 Å². The second kappa shape index (κ2) is 5.94. The third-order valence-corrected chi connectivity index (χ3v) is 3.54. The van der Waals surface area contributed by atoms with E-state index >= 15 is 0 Å². The number of hydrogen-bond donors (Lipinski definition) is 1. The van der Waals surface area contributed by atoms with Gasteiger partial charge in [0.15, 0.2) is 0 Å². The maximum Gasteiger partial charge on any atom is 0.122 e. The summed E-state index contributed by atoms with van der Waals surface area (Å²) in [7, 11) is 1.75. The molecule has 0 saturated heterocycles. The van der Waals surface area contributed by atoms with Crippen LogP contribution in [-0.2, 0) is 11.3 Å². The van der Waals surface area contributed by atoms with E-state index in [1.165, 1.54) is 4.88 Å². The summed E-state index contributed by atoms with van der Waals surface area (Å²) in [6.45, 7) is 11.7. The lowest BCUT2D eigenvalue weighted by Gasteiger charge is -2.27. The number of aromatic nitrogens is 1. The molecule has 1 heterocycles. The van der Waals surface area contributed by atoms with Gasteiger partial charge in [-0.25, -0.2) is 4.98 Å². The zero-order valence-electron chi connectivity index (χ0n) is 11.7. The summed E-state index contributed by atoms with van der Waals surface area (Å²) in [5.41, 5.74) is 0.0787. The highest BCUT2D eigenvalue weighted by molar-refractivity contribution is 7.11. The lowest BCUT2D eigenvalue weighted by Crippen LogP contribution is -2.21. The molecular formula is C13H24N2OS. The van der Waals surface area contributed by atoms with Crippen molar-refractivity contribution < 1.29 is 4.74 Å². The van der Waals surface area contributed by atoms with Gasteiger partial charge in [0.1, 0.15) is 11.1 Å². The Labute approximate surface area is 109 Å². The third kappa shape index (κ3) is 4.37. The summed E-state index contributed by atoms with van der Waals surface area (Å²) in [6, 6.07) is 0.501. The molecule has 0 fully saturated rings. The fourth-order valence-electron chi connectivity index (χ4n) is 1.66. The van der Waals surface area contributed by atoms with E-state index in [0.29, 0.717) is 6.04 Å². The van der Waals surface area contributed by atoms with Crippen LogP contribution in [0, 0.1) is 5.41 Å². The average Bonchev–Trinajstić information content (AvgIpc) is 2.62. The molecule has 0 saturated carbocycles. The van der Waals surface area contributed by atoms with Crippen molar-refractivity contribution in [3.63, 3.8) is 0 Å². The van der Waals surface area contributed by atoms with Gasteiger partial charge in [-0.2, -0.15) is 0 Å². The van der Waals surface area contributed by atoms with Crippen molar-refractivity contribution in [3.05, 3.63) is 16.1 Å². The van der Waals surface area contributed by atoms with Crippen molar-refractivity contribution in [2.24, 2.45) is 5.41 Å². The highest BCUT2D eigenvalue weighted by Gasteiger charge is 2.28. The molecule has 0 amide bonds. The number of nitrogens with one attached hydrogen (secondary N) is 1. The van der Waals surface area contributed by atoms with Gasteiger partial charge in [0.2, 0.25) is 0 Å². The topological polar surface area (TPSA) is 34.1 Å². The van der Waals surface area contributed by atoms with E-state index in [1.54, 1.807) is 18.4 Å². The number of thiazole rings is 1. The molecule has 98 valence electrons. The molecule has 0 aliphatic heterocycles. The first-order valence-corrected chi connectivity index (χ1v) is 6.87. The van der Waals surface area contributed by atoms with Gasteiger partial charge >= 0.3 is 0 Å². The minimum Gasteiger partial charge on any atom is -0.374 e. The van der Waals surface area contributed by atoms with E-state index in [0.717, 1.165) is 11.6 Å². The zero-order valence-corrected chi connectivity index (χ0v) is 12.5. The molecule has 0 aliphatic rings. The summed E-state index contributed by atoms with van der Waals surface area (Å²) < 4.78 is 5.57. The van der Waals surface area contributed by atoms with Crippen LogP contribution in [0.1, 0.15) is 50.6 Å². The van der Waals surface area contributed by atoms with Gasteiger partial charge in [0.05, 0.1) is 0 Å². The molecule has 1 rings (SSSR count). The van der Waals surface area contributed by atoms with E-state index in [-0.39, 0.29) is 11.5 Å². The molecular weight excluding hydrogens is 232 g/mol. The maximum absolute atomic E-state index is 5.57. The SMILES string of the molecule is COC(c1ncc(CNC(C)C)s1)C(C)(C)C. The number of rotatable bonds is 5. The quantitative estimate of drug-likeness (QED) is 0.877. The summed E-state index contributed by atoms with van der Waals surface area (Å²) in [6.07, 6.45) is 2.02. The summed E-state index contributed by atoms with van der Waals surface area (Å²) in [5.74, 6) is 0. The van der Waals surface area contributed by atoms with Crippen molar-refractivity contribution in [2.75, 3.05) is 7.11 Å². The molecule has 17 heavy (non-hydrogen) atoms. The molecule has 1 aromatic rings. The minimum atomic E-state index is 0.0697. The van der Waals surface area contributed by atoms with Gasteiger partial charge in [-0.3, -0.25) is 0 Å². The first kappa shape index (κ1) is 14.6. The number of ether oxygens (including phenoxy) is 1. The molecule has 0 radical (unpaired) electrons. The van der Waals surface area contributed by atoms with Crippen LogP contribution in [0.15, 0.2) is 6.20 Å². The van der Waals surface area contributed by atoms with Gasteiger partial charge < -0.3 is 10.1 Å². The summed E-state index contributed by atoms with van der Waals surface area (Å²) >= 11 is 1.74. The molecule has 4 heteroatoms. The van der Waals surface area contributed by atoms with Crippen molar-refractivity contribution in [1.29, 1.82) is 0 Å². The minimum absolute atomic E-state index is 0.0697. The van der Waals surface area contributed by atoms with E-state index in [4.69, 9.17) is 4.74 Å². The van der Waals surface area contributed by atoms with Crippen LogP contribution in [0.4, 0.5) is 0 Å². The maximum atomic E-state index is 5.57. The second-order valence-electron chi connectivity index (χ2n) is 5.68. The fourth-order valence-corrected chi connectivity index (χ4v) is 2.85. The van der Waals surface area contributed by atoms with Crippen molar-refractivity contribution in [2.45, 2.75) is 53.3 Å². The zero-order chi connectivity index (χ0) is 13.1. The average molecular weight is 256 g/mol. The Hall–Kier alpha value is -0.450. The van der Waals surface area contributed by atoms with Crippen LogP contribution in [0.5, 0.6) is 0 Å². The Morgan fingerprint density at radius 1 is 1.41 bits per heavy atom. The lowest BCUT2D eigenvalue weighted by atomic mass is 9.89. The molecule has 0 aliphatic carbocycles. The Balaban J connectivity index is 2.72. The van der Waals surface area contributed by atoms with Crippen molar-refractivity contribution in [3.8, 4) is 0 Å². The van der Waals surface area contributed by atoms with Gasteiger partial charge in [-0.1, -0.05) is 34.6 Å². The van der Waals surface area contributed by atoms with E-state index in [1.807, 2.05) is 6.20 Å². The van der Waals surface area contributed by atoms with Crippen LogP contribution in [-0.4, -0.2) is 18.1 Å². The van der Waals surface area contributed by atoms with Gasteiger partial charge in [-0.15, -0.1) is 11.3 Å².